The molecule has 0 unspecified atom stereocenters. The van der Waals surface area contributed by atoms with E-state index < -0.39 is 23.8 Å². The van der Waals surface area contributed by atoms with Crippen LogP contribution in [0.2, 0.25) is 0 Å². The maximum atomic E-state index is 13.2. The fourth-order valence-corrected chi connectivity index (χ4v) is 5.80. The fourth-order valence-electron chi connectivity index (χ4n) is 5.80. The minimum atomic E-state index is -1.62. The second kappa shape index (κ2) is 20.7. The smallest absolute Gasteiger partial charge is 0.309 e. The van der Waals surface area contributed by atoms with Gasteiger partial charge in [0.15, 0.2) is 11.7 Å². The number of unbranched alkanes of at least 4 members (excludes halogenated alkanes) is 11. The number of rotatable bonds is 22. The van der Waals surface area contributed by atoms with E-state index in [1.807, 2.05) is 91.0 Å². The number of carbonyl (C=O) groups is 1. The van der Waals surface area contributed by atoms with Gasteiger partial charge in [0.2, 0.25) is 0 Å². The maximum Gasteiger partial charge on any atom is 0.309 e. The molecule has 2 atom stereocenters. The van der Waals surface area contributed by atoms with Crippen LogP contribution in [0.3, 0.4) is 0 Å². The summed E-state index contributed by atoms with van der Waals surface area (Å²) in [6, 6.07) is 28.0. The number of esters is 1. The third-order valence-corrected chi connectivity index (χ3v) is 8.36. The van der Waals surface area contributed by atoms with E-state index >= 15 is 0 Å². The van der Waals surface area contributed by atoms with Crippen LogP contribution in [-0.2, 0) is 15.1 Å². The Morgan fingerprint density at radius 1 is 0.682 bits per heavy atom. The molecule has 0 heterocycles. The van der Waals surface area contributed by atoms with Crippen LogP contribution in [-0.4, -0.2) is 22.3 Å². The number of hydrogen-bond donors (Lipinski definition) is 2. The van der Waals surface area contributed by atoms with Gasteiger partial charge < -0.3 is 14.9 Å². The lowest BCUT2D eigenvalue weighted by Gasteiger charge is -2.37. The lowest BCUT2D eigenvalue weighted by molar-refractivity contribution is -0.165. The molecule has 0 aliphatic carbocycles. The van der Waals surface area contributed by atoms with E-state index in [4.69, 9.17) is 4.74 Å². The summed E-state index contributed by atoms with van der Waals surface area (Å²) in [5, 5.41) is 23.0. The van der Waals surface area contributed by atoms with Crippen molar-refractivity contribution in [3.63, 3.8) is 0 Å². The van der Waals surface area contributed by atoms with Crippen molar-refractivity contribution < 1.29 is 19.7 Å². The molecular formula is C40H54O4. The van der Waals surface area contributed by atoms with Crippen LogP contribution in [0.1, 0.15) is 126 Å². The van der Waals surface area contributed by atoms with E-state index in [2.05, 4.69) is 19.1 Å². The van der Waals surface area contributed by atoms with Gasteiger partial charge in [-0.25, -0.2) is 0 Å². The summed E-state index contributed by atoms with van der Waals surface area (Å²) in [6.45, 7) is 2.26. The van der Waals surface area contributed by atoms with Gasteiger partial charge in [0, 0.05) is 0 Å². The van der Waals surface area contributed by atoms with Gasteiger partial charge in [0.25, 0.3) is 0 Å². The number of aliphatic hydroxyl groups is 2. The normalized spacial score (nSPS) is 13.2. The minimum absolute atomic E-state index is 0.105. The molecule has 0 bridgehead atoms. The zero-order chi connectivity index (χ0) is 31.3. The first kappa shape index (κ1) is 35.3. The zero-order valence-corrected chi connectivity index (χ0v) is 26.8. The second-order valence-corrected chi connectivity index (χ2v) is 12.0. The van der Waals surface area contributed by atoms with Crippen molar-refractivity contribution in [2.24, 2.45) is 0 Å². The summed E-state index contributed by atoms with van der Waals surface area (Å²) < 4.78 is 6.05. The van der Waals surface area contributed by atoms with Gasteiger partial charge in [-0.3, -0.25) is 4.79 Å². The molecule has 0 saturated carbocycles. The van der Waals surface area contributed by atoms with Crippen LogP contribution in [0.15, 0.2) is 103 Å². The van der Waals surface area contributed by atoms with Crippen molar-refractivity contribution in [3.05, 3.63) is 120 Å². The Hall–Kier alpha value is -3.21. The molecule has 238 valence electrons. The van der Waals surface area contributed by atoms with E-state index in [0.717, 1.165) is 25.7 Å². The van der Waals surface area contributed by atoms with E-state index in [1.165, 1.54) is 57.8 Å². The van der Waals surface area contributed by atoms with E-state index in [0.29, 0.717) is 23.1 Å². The molecule has 3 aromatic rings. The monoisotopic (exact) mass is 598 g/mol. The van der Waals surface area contributed by atoms with Crippen LogP contribution in [0, 0.1) is 0 Å². The number of aliphatic hydroxyl groups excluding tert-OH is 1. The third kappa shape index (κ3) is 12.1. The van der Waals surface area contributed by atoms with Crippen molar-refractivity contribution in [1.82, 2.24) is 0 Å². The molecular weight excluding hydrogens is 544 g/mol. The summed E-state index contributed by atoms with van der Waals surface area (Å²) in [7, 11) is 0. The lowest BCUT2D eigenvalue weighted by Crippen LogP contribution is -2.38. The topological polar surface area (TPSA) is 66.8 Å². The van der Waals surface area contributed by atoms with E-state index in [-0.39, 0.29) is 6.42 Å². The molecule has 0 fully saturated rings. The molecule has 0 aromatic heterocycles. The van der Waals surface area contributed by atoms with Gasteiger partial charge in [0.05, 0.1) is 12.5 Å². The number of ether oxygens (including phenoxy) is 1. The van der Waals surface area contributed by atoms with Crippen molar-refractivity contribution in [3.8, 4) is 0 Å². The average Bonchev–Trinajstić information content (AvgIpc) is 3.06. The third-order valence-electron chi connectivity index (χ3n) is 8.36. The first-order valence-corrected chi connectivity index (χ1v) is 17.0. The van der Waals surface area contributed by atoms with Crippen LogP contribution in [0.4, 0.5) is 0 Å². The Kier molecular flexibility index (Phi) is 16.6. The minimum Gasteiger partial charge on any atom is -0.454 e. The summed E-state index contributed by atoms with van der Waals surface area (Å²) in [6.07, 6.45) is 19.3. The van der Waals surface area contributed by atoms with Gasteiger partial charge in [0.1, 0.15) is 0 Å². The Balaban J connectivity index is 1.45. The first-order valence-electron chi connectivity index (χ1n) is 17.0. The number of allylic oxidation sites excluding steroid dienone is 2. The quantitative estimate of drug-likeness (QED) is 0.0686. The Morgan fingerprint density at radius 2 is 1.14 bits per heavy atom. The van der Waals surface area contributed by atoms with Crippen LogP contribution in [0.25, 0.3) is 0 Å². The molecule has 0 spiro atoms. The summed E-state index contributed by atoms with van der Waals surface area (Å²) >= 11 is 0. The Labute approximate surface area is 266 Å². The molecule has 4 heteroatoms. The summed E-state index contributed by atoms with van der Waals surface area (Å²) in [5.41, 5.74) is 0.319. The Bertz CT molecular complexity index is 1140. The van der Waals surface area contributed by atoms with Gasteiger partial charge in [-0.05, 0) is 48.8 Å². The molecule has 3 aromatic carbocycles. The molecule has 4 nitrogen and oxygen atoms in total. The van der Waals surface area contributed by atoms with E-state index in [1.54, 1.807) is 0 Å². The predicted molar refractivity (Wildman–Crippen MR) is 181 cm³/mol. The van der Waals surface area contributed by atoms with Crippen molar-refractivity contribution in [2.75, 3.05) is 0 Å². The number of hydrogen-bond acceptors (Lipinski definition) is 4. The summed E-state index contributed by atoms with van der Waals surface area (Å²) in [5.74, 6) is -0.524. The number of benzene rings is 3. The standard InChI is InChI=1S/C40H54O4/c1-2-3-4-5-6-7-8-9-10-11-12-13-14-15-25-32-37(41)33-38(42)44-39(34-26-19-16-20-27-34)40(43,35-28-21-17-22-29-35)36-30-23-18-24-31-36/h9-10,16-24,26-31,37,39,41,43H,2-8,11-15,25,32-33H2,1H3/t37-,39+/m0/s1. The predicted octanol–water partition coefficient (Wildman–Crippen LogP) is 10.00. The SMILES string of the molecule is CCCCCCCCC=CCCCCCCC[C@H](O)CC(=O)O[C@H](c1ccccc1)C(O)(c1ccccc1)c1ccccc1. The van der Waals surface area contributed by atoms with Crippen LogP contribution < -0.4 is 0 Å². The second-order valence-electron chi connectivity index (χ2n) is 12.0. The largest absolute Gasteiger partial charge is 0.454 e. The van der Waals surface area contributed by atoms with Crippen molar-refractivity contribution >= 4 is 5.97 Å². The van der Waals surface area contributed by atoms with Crippen molar-refractivity contribution in [2.45, 2.75) is 121 Å². The number of carbonyl (C=O) groups excluding carboxylic acids is 1. The molecule has 44 heavy (non-hydrogen) atoms. The van der Waals surface area contributed by atoms with E-state index in [9.17, 15) is 15.0 Å². The highest BCUT2D eigenvalue weighted by Gasteiger charge is 2.44. The lowest BCUT2D eigenvalue weighted by atomic mass is 9.79. The van der Waals surface area contributed by atoms with Crippen LogP contribution >= 0.6 is 0 Å². The maximum absolute atomic E-state index is 13.2. The molecule has 0 radical (unpaired) electrons. The molecule has 0 aliphatic heterocycles. The zero-order valence-electron chi connectivity index (χ0n) is 26.8. The fraction of sp³-hybridized carbons (Fsp3) is 0.475. The first-order chi connectivity index (χ1) is 21.6. The molecule has 2 N–H and O–H groups in total. The average molecular weight is 599 g/mol. The molecule has 0 amide bonds. The highest BCUT2D eigenvalue weighted by atomic mass is 16.6. The molecule has 3 rings (SSSR count). The van der Waals surface area contributed by atoms with Crippen molar-refractivity contribution in [1.29, 1.82) is 0 Å². The van der Waals surface area contributed by atoms with Gasteiger partial charge in [-0.1, -0.05) is 168 Å². The van der Waals surface area contributed by atoms with Gasteiger partial charge in [-0.15, -0.1) is 0 Å². The highest BCUT2D eigenvalue weighted by molar-refractivity contribution is 5.70. The molecule has 0 saturated heterocycles. The van der Waals surface area contributed by atoms with Gasteiger partial charge in [-0.2, -0.15) is 0 Å². The Morgan fingerprint density at radius 3 is 1.66 bits per heavy atom. The summed E-state index contributed by atoms with van der Waals surface area (Å²) in [4.78, 5) is 13.2. The van der Waals surface area contributed by atoms with Crippen LogP contribution in [0.5, 0.6) is 0 Å². The molecule has 0 aliphatic rings. The highest BCUT2D eigenvalue weighted by Crippen LogP contribution is 2.43. The van der Waals surface area contributed by atoms with Gasteiger partial charge >= 0.3 is 5.97 Å².